The molecule has 4 rings (SSSR count). The number of methoxy groups -OCH3 is 1. The zero-order valence-electron chi connectivity index (χ0n) is 20.1. The van der Waals surface area contributed by atoms with Crippen LogP contribution in [0, 0.1) is 0 Å². The van der Waals surface area contributed by atoms with E-state index >= 15 is 0 Å². The number of carbonyl (C=O) groups excluding carboxylic acids is 1. The SMILES string of the molecule is CCc1c(S(=O)(=O)O)ccc(Cl)c1N=Nc1c(O)c(C(=O)Nc2cc(Cl)cc(OC)c2)cc2ccccc12. The van der Waals surface area contributed by atoms with Crippen LogP contribution in [0.15, 0.2) is 75.8 Å². The van der Waals surface area contributed by atoms with Crippen molar-refractivity contribution in [3.63, 3.8) is 0 Å². The predicted molar refractivity (Wildman–Crippen MR) is 146 cm³/mol. The molecule has 3 N–H and O–H groups in total. The zero-order valence-corrected chi connectivity index (χ0v) is 22.4. The van der Waals surface area contributed by atoms with Crippen molar-refractivity contribution >= 4 is 67.1 Å². The molecule has 0 fully saturated rings. The number of hydrogen-bond donors (Lipinski definition) is 3. The molecule has 0 saturated heterocycles. The monoisotopic (exact) mass is 573 g/mol. The molecule has 0 spiro atoms. The number of azo groups is 1. The number of amides is 1. The van der Waals surface area contributed by atoms with E-state index in [1.807, 2.05) is 0 Å². The number of phenols is 1. The molecule has 0 saturated carbocycles. The fraction of sp³-hybridized carbons (Fsp3) is 0.115. The average Bonchev–Trinajstić information content (AvgIpc) is 2.87. The van der Waals surface area contributed by atoms with Gasteiger partial charge in [-0.05, 0) is 42.1 Å². The first-order valence-corrected chi connectivity index (χ1v) is 13.3. The number of ether oxygens (including phenoxy) is 1. The van der Waals surface area contributed by atoms with Crippen LogP contribution in [0.3, 0.4) is 0 Å². The lowest BCUT2D eigenvalue weighted by atomic mass is 10.0. The summed E-state index contributed by atoms with van der Waals surface area (Å²) in [5, 5.41) is 23.6. The summed E-state index contributed by atoms with van der Waals surface area (Å²) < 4.78 is 38.5. The molecule has 0 radical (unpaired) electrons. The number of carbonyl (C=O) groups is 1. The number of anilines is 1. The molecule has 196 valence electrons. The molecular formula is C26H21Cl2N3O6S. The van der Waals surface area contributed by atoms with Gasteiger partial charge >= 0.3 is 0 Å². The van der Waals surface area contributed by atoms with Gasteiger partial charge in [-0.15, -0.1) is 10.2 Å². The number of benzene rings is 4. The Bertz CT molecular complexity index is 1710. The van der Waals surface area contributed by atoms with Crippen molar-refractivity contribution in [2.75, 3.05) is 12.4 Å². The Morgan fingerprint density at radius 3 is 2.42 bits per heavy atom. The quantitative estimate of drug-likeness (QED) is 0.156. The fourth-order valence-electron chi connectivity index (χ4n) is 3.92. The zero-order chi connectivity index (χ0) is 27.6. The Morgan fingerprint density at radius 1 is 1.03 bits per heavy atom. The van der Waals surface area contributed by atoms with E-state index in [-0.39, 0.29) is 38.8 Å². The molecule has 9 nitrogen and oxygen atoms in total. The summed E-state index contributed by atoms with van der Waals surface area (Å²) in [6.45, 7) is 1.67. The summed E-state index contributed by atoms with van der Waals surface area (Å²) in [5.41, 5.74) is 0.374. The van der Waals surface area contributed by atoms with E-state index in [0.29, 0.717) is 27.2 Å². The van der Waals surface area contributed by atoms with Crippen LogP contribution in [0.1, 0.15) is 22.8 Å². The summed E-state index contributed by atoms with van der Waals surface area (Å²) in [6.07, 6.45) is 0.169. The van der Waals surface area contributed by atoms with Crippen molar-refractivity contribution in [1.29, 1.82) is 0 Å². The van der Waals surface area contributed by atoms with Gasteiger partial charge in [-0.25, -0.2) is 0 Å². The second-order valence-corrected chi connectivity index (χ2v) is 10.3. The topological polar surface area (TPSA) is 138 Å². The van der Waals surface area contributed by atoms with E-state index in [0.717, 1.165) is 0 Å². The lowest BCUT2D eigenvalue weighted by molar-refractivity contribution is 0.102. The van der Waals surface area contributed by atoms with Crippen molar-refractivity contribution in [2.45, 2.75) is 18.2 Å². The van der Waals surface area contributed by atoms with Gasteiger partial charge in [0, 0.05) is 27.7 Å². The van der Waals surface area contributed by atoms with Gasteiger partial charge in [0.05, 0.1) is 22.6 Å². The largest absolute Gasteiger partial charge is 0.505 e. The van der Waals surface area contributed by atoms with Gasteiger partial charge in [0.25, 0.3) is 16.0 Å². The maximum atomic E-state index is 13.2. The summed E-state index contributed by atoms with van der Waals surface area (Å²) in [7, 11) is -3.08. The lowest BCUT2D eigenvalue weighted by Gasteiger charge is -2.13. The number of rotatable bonds is 7. The minimum absolute atomic E-state index is 0.00801. The maximum absolute atomic E-state index is 13.2. The number of halogens is 2. The Balaban J connectivity index is 1.84. The highest BCUT2D eigenvalue weighted by Crippen LogP contribution is 2.41. The minimum atomic E-state index is -4.55. The van der Waals surface area contributed by atoms with Gasteiger partial charge in [0.15, 0.2) is 5.75 Å². The van der Waals surface area contributed by atoms with E-state index in [1.54, 1.807) is 43.3 Å². The highest BCUT2D eigenvalue weighted by Gasteiger charge is 2.22. The molecule has 4 aromatic rings. The van der Waals surface area contributed by atoms with Crippen LogP contribution in [0.25, 0.3) is 10.8 Å². The van der Waals surface area contributed by atoms with Crippen molar-refractivity contribution < 1.29 is 27.6 Å². The van der Waals surface area contributed by atoms with E-state index in [9.17, 15) is 22.9 Å². The van der Waals surface area contributed by atoms with Crippen molar-refractivity contribution in [2.24, 2.45) is 10.2 Å². The third-order valence-corrected chi connectivity index (χ3v) is 7.14. The molecule has 4 aromatic carbocycles. The minimum Gasteiger partial charge on any atom is -0.505 e. The third-order valence-electron chi connectivity index (χ3n) is 5.68. The van der Waals surface area contributed by atoms with Gasteiger partial charge in [0.1, 0.15) is 17.1 Å². The molecule has 12 heteroatoms. The third kappa shape index (κ3) is 5.58. The smallest absolute Gasteiger partial charge is 0.294 e. The van der Waals surface area contributed by atoms with Crippen LogP contribution in [0.4, 0.5) is 17.1 Å². The Kier molecular flexibility index (Phi) is 7.89. The van der Waals surface area contributed by atoms with Crippen LogP contribution in [-0.2, 0) is 16.5 Å². The van der Waals surface area contributed by atoms with E-state index < -0.39 is 21.8 Å². The summed E-state index contributed by atoms with van der Waals surface area (Å²) in [4.78, 5) is 12.8. The number of fused-ring (bicyclic) bond motifs is 1. The van der Waals surface area contributed by atoms with E-state index in [2.05, 4.69) is 15.5 Å². The first-order chi connectivity index (χ1) is 18.0. The van der Waals surface area contributed by atoms with Crippen LogP contribution in [-0.4, -0.2) is 31.1 Å². The van der Waals surface area contributed by atoms with E-state index in [1.165, 1.54) is 31.4 Å². The molecule has 0 atom stereocenters. The highest BCUT2D eigenvalue weighted by atomic mass is 35.5. The number of aromatic hydroxyl groups is 1. The van der Waals surface area contributed by atoms with Crippen LogP contribution < -0.4 is 10.1 Å². The van der Waals surface area contributed by atoms with Gasteiger partial charge < -0.3 is 15.2 Å². The number of hydrogen-bond acceptors (Lipinski definition) is 7. The molecular weight excluding hydrogens is 553 g/mol. The van der Waals surface area contributed by atoms with Crippen LogP contribution in [0.2, 0.25) is 10.0 Å². The highest BCUT2D eigenvalue weighted by molar-refractivity contribution is 7.85. The molecule has 0 unspecified atom stereocenters. The van der Waals surface area contributed by atoms with Crippen LogP contribution >= 0.6 is 23.2 Å². The van der Waals surface area contributed by atoms with E-state index in [4.69, 9.17) is 27.9 Å². The first-order valence-electron chi connectivity index (χ1n) is 11.1. The molecule has 0 heterocycles. The molecule has 1 amide bonds. The first kappa shape index (κ1) is 27.3. The van der Waals surface area contributed by atoms with Gasteiger partial charge in [-0.2, -0.15) is 8.42 Å². The average molecular weight is 574 g/mol. The number of phenolic OH excluding ortho intramolecular Hbond substituents is 1. The van der Waals surface area contributed by atoms with Gasteiger partial charge in [0.2, 0.25) is 0 Å². The molecule has 0 aliphatic carbocycles. The Labute approximate surface area is 228 Å². The maximum Gasteiger partial charge on any atom is 0.294 e. The van der Waals surface area contributed by atoms with Crippen molar-refractivity contribution in [1.82, 2.24) is 0 Å². The molecule has 0 aliphatic heterocycles. The van der Waals surface area contributed by atoms with Crippen LogP contribution in [0.5, 0.6) is 11.5 Å². The second-order valence-electron chi connectivity index (χ2n) is 8.08. The summed E-state index contributed by atoms with van der Waals surface area (Å²) in [6, 6.07) is 15.5. The molecule has 0 aliphatic rings. The predicted octanol–water partition coefficient (Wildman–Crippen LogP) is 7.34. The van der Waals surface area contributed by atoms with Gasteiger partial charge in [-0.1, -0.05) is 54.4 Å². The lowest BCUT2D eigenvalue weighted by Crippen LogP contribution is -2.12. The van der Waals surface area contributed by atoms with Crippen molar-refractivity contribution in [3.05, 3.63) is 81.8 Å². The fourth-order valence-corrected chi connectivity index (χ4v) is 5.16. The Hall–Kier alpha value is -3.70. The summed E-state index contributed by atoms with van der Waals surface area (Å²) >= 11 is 12.4. The summed E-state index contributed by atoms with van der Waals surface area (Å²) in [5.74, 6) is -0.672. The number of nitrogens with zero attached hydrogens (tertiary/aromatic N) is 2. The standard InChI is InChI=1S/C26H21Cl2N3O6S/c1-3-18-22(38(34,35)36)9-8-21(28)23(18)30-31-24-19-7-5-4-6-14(19)10-20(25(24)32)26(33)29-16-11-15(27)12-17(13-16)37-2/h4-13,32H,3H2,1-2H3,(H,29,33)(H,34,35,36). The van der Waals surface area contributed by atoms with Crippen molar-refractivity contribution in [3.8, 4) is 11.5 Å². The normalized spacial score (nSPS) is 11.7. The molecule has 0 aromatic heterocycles. The number of nitrogens with one attached hydrogen (secondary N) is 1. The molecule has 0 bridgehead atoms. The molecule has 38 heavy (non-hydrogen) atoms. The van der Waals surface area contributed by atoms with Gasteiger partial charge in [-0.3, -0.25) is 9.35 Å². The Morgan fingerprint density at radius 2 is 1.74 bits per heavy atom. The second kappa shape index (κ2) is 11.0.